The van der Waals surface area contributed by atoms with Crippen LogP contribution in [0.5, 0.6) is 0 Å². The zero-order valence-corrected chi connectivity index (χ0v) is 12.2. The molecule has 0 bridgehead atoms. The van der Waals surface area contributed by atoms with E-state index < -0.39 is 0 Å². The van der Waals surface area contributed by atoms with E-state index in [9.17, 15) is 4.79 Å². The van der Waals surface area contributed by atoms with Crippen molar-refractivity contribution in [3.05, 3.63) is 60.1 Å². The van der Waals surface area contributed by atoms with E-state index in [4.69, 9.17) is 4.42 Å². The summed E-state index contributed by atoms with van der Waals surface area (Å²) in [5.41, 5.74) is 1.32. The number of nitrogens with one attached hydrogen (secondary N) is 1. The largest absolute Gasteiger partial charge is 0.459 e. The Labute approximate surface area is 124 Å². The molecule has 1 amide bonds. The molecular formula is C17H20N2O2. The summed E-state index contributed by atoms with van der Waals surface area (Å²) in [7, 11) is 0. The van der Waals surface area contributed by atoms with Crippen LogP contribution >= 0.6 is 0 Å². The van der Waals surface area contributed by atoms with Gasteiger partial charge in [-0.25, -0.2) is 0 Å². The van der Waals surface area contributed by atoms with Crippen molar-refractivity contribution in [2.45, 2.75) is 25.4 Å². The molecule has 4 heteroatoms. The molecule has 110 valence electrons. The van der Waals surface area contributed by atoms with Crippen LogP contribution < -0.4 is 5.32 Å². The minimum absolute atomic E-state index is 0.126. The highest BCUT2D eigenvalue weighted by Crippen LogP contribution is 2.24. The third-order valence-electron chi connectivity index (χ3n) is 4.13. The van der Waals surface area contributed by atoms with Gasteiger partial charge in [0.15, 0.2) is 5.76 Å². The number of hydrogen-bond donors (Lipinski definition) is 1. The first-order valence-corrected chi connectivity index (χ1v) is 7.37. The number of rotatable bonds is 4. The number of benzene rings is 1. The van der Waals surface area contributed by atoms with Gasteiger partial charge in [-0.1, -0.05) is 30.3 Å². The lowest BCUT2D eigenvalue weighted by atomic mass is 10.1. The highest BCUT2D eigenvalue weighted by molar-refractivity contribution is 5.91. The van der Waals surface area contributed by atoms with E-state index in [1.54, 1.807) is 12.1 Å². The van der Waals surface area contributed by atoms with Gasteiger partial charge in [-0.2, -0.15) is 0 Å². The highest BCUT2D eigenvalue weighted by atomic mass is 16.3. The van der Waals surface area contributed by atoms with Crippen LogP contribution in [0.3, 0.4) is 0 Å². The SMILES string of the molecule is C[C@@H](c1ccccc1)N1CC[C@@H](NC(=O)c2ccco2)C1. The number of hydrogen-bond acceptors (Lipinski definition) is 3. The second kappa shape index (κ2) is 6.14. The average molecular weight is 284 g/mol. The maximum absolute atomic E-state index is 12.0. The molecular weight excluding hydrogens is 264 g/mol. The Bertz CT molecular complexity index is 580. The predicted molar refractivity (Wildman–Crippen MR) is 81.0 cm³/mol. The monoisotopic (exact) mass is 284 g/mol. The summed E-state index contributed by atoms with van der Waals surface area (Å²) in [5, 5.41) is 3.04. The van der Waals surface area contributed by atoms with Crippen molar-refractivity contribution < 1.29 is 9.21 Å². The molecule has 1 N–H and O–H groups in total. The van der Waals surface area contributed by atoms with Crippen molar-refractivity contribution in [1.82, 2.24) is 10.2 Å². The zero-order valence-electron chi connectivity index (χ0n) is 12.2. The smallest absolute Gasteiger partial charge is 0.287 e. The van der Waals surface area contributed by atoms with Crippen LogP contribution in [0.2, 0.25) is 0 Å². The number of furan rings is 1. The van der Waals surface area contributed by atoms with E-state index in [2.05, 4.69) is 41.4 Å². The summed E-state index contributed by atoms with van der Waals surface area (Å²) < 4.78 is 5.12. The fourth-order valence-electron chi connectivity index (χ4n) is 2.86. The molecule has 1 aliphatic heterocycles. The number of carbonyl (C=O) groups is 1. The molecule has 1 aromatic carbocycles. The molecule has 0 aliphatic carbocycles. The molecule has 4 nitrogen and oxygen atoms in total. The van der Waals surface area contributed by atoms with Gasteiger partial charge < -0.3 is 9.73 Å². The summed E-state index contributed by atoms with van der Waals surface area (Å²) >= 11 is 0. The van der Waals surface area contributed by atoms with Crippen molar-refractivity contribution in [3.8, 4) is 0 Å². The molecule has 2 aromatic rings. The normalized spacial score (nSPS) is 20.3. The van der Waals surface area contributed by atoms with Crippen molar-refractivity contribution in [2.24, 2.45) is 0 Å². The average Bonchev–Trinajstić information content (AvgIpc) is 3.19. The van der Waals surface area contributed by atoms with E-state index in [1.165, 1.54) is 11.8 Å². The maximum atomic E-state index is 12.0. The summed E-state index contributed by atoms with van der Waals surface area (Å²) in [6.45, 7) is 4.09. The van der Waals surface area contributed by atoms with Crippen molar-refractivity contribution in [2.75, 3.05) is 13.1 Å². The Morgan fingerprint density at radius 1 is 1.29 bits per heavy atom. The van der Waals surface area contributed by atoms with Gasteiger partial charge in [0.25, 0.3) is 5.91 Å². The van der Waals surface area contributed by atoms with Crippen molar-refractivity contribution in [1.29, 1.82) is 0 Å². The summed E-state index contributed by atoms with van der Waals surface area (Å²) in [6.07, 6.45) is 2.50. The first kappa shape index (κ1) is 13.9. The first-order valence-electron chi connectivity index (χ1n) is 7.37. The lowest BCUT2D eigenvalue weighted by molar-refractivity contribution is 0.0908. The number of amides is 1. The number of carbonyl (C=O) groups excluding carboxylic acids is 1. The van der Waals surface area contributed by atoms with Crippen LogP contribution in [-0.2, 0) is 0 Å². The maximum Gasteiger partial charge on any atom is 0.287 e. The number of likely N-dealkylation sites (tertiary alicyclic amines) is 1. The van der Waals surface area contributed by atoms with Crippen LogP contribution in [0, 0.1) is 0 Å². The zero-order chi connectivity index (χ0) is 14.7. The van der Waals surface area contributed by atoms with Crippen molar-refractivity contribution in [3.63, 3.8) is 0 Å². The van der Waals surface area contributed by atoms with Crippen LogP contribution in [0.4, 0.5) is 0 Å². The van der Waals surface area contributed by atoms with Gasteiger partial charge in [-0.15, -0.1) is 0 Å². The van der Waals surface area contributed by atoms with Gasteiger partial charge in [0, 0.05) is 25.2 Å². The van der Waals surface area contributed by atoms with Gasteiger partial charge >= 0.3 is 0 Å². The molecule has 21 heavy (non-hydrogen) atoms. The Balaban J connectivity index is 1.57. The molecule has 0 saturated carbocycles. The Hall–Kier alpha value is -2.07. The minimum atomic E-state index is -0.126. The molecule has 1 saturated heterocycles. The van der Waals surface area contributed by atoms with Gasteiger partial charge in [-0.3, -0.25) is 9.69 Å². The second-order valence-corrected chi connectivity index (χ2v) is 5.52. The first-order chi connectivity index (χ1) is 10.2. The molecule has 2 heterocycles. The van der Waals surface area contributed by atoms with E-state index in [0.717, 1.165) is 19.5 Å². The molecule has 0 radical (unpaired) electrons. The van der Waals surface area contributed by atoms with E-state index >= 15 is 0 Å². The van der Waals surface area contributed by atoms with E-state index in [-0.39, 0.29) is 11.9 Å². The van der Waals surface area contributed by atoms with Gasteiger partial charge in [0.05, 0.1) is 6.26 Å². The quantitative estimate of drug-likeness (QED) is 0.939. The molecule has 0 unspecified atom stereocenters. The van der Waals surface area contributed by atoms with Crippen LogP contribution in [0.1, 0.15) is 35.5 Å². The Kier molecular flexibility index (Phi) is 4.06. The lowest BCUT2D eigenvalue weighted by Crippen LogP contribution is -2.37. The topological polar surface area (TPSA) is 45.5 Å². The standard InChI is InChI=1S/C17H20N2O2/c1-13(14-6-3-2-4-7-14)19-10-9-15(12-19)18-17(20)16-8-5-11-21-16/h2-8,11,13,15H,9-10,12H2,1H3,(H,18,20)/t13-,15+/m0/s1. The van der Waals surface area contributed by atoms with Gasteiger partial charge in [0.2, 0.25) is 0 Å². The fourth-order valence-corrected chi connectivity index (χ4v) is 2.86. The Morgan fingerprint density at radius 3 is 2.81 bits per heavy atom. The van der Waals surface area contributed by atoms with Crippen LogP contribution in [-0.4, -0.2) is 29.9 Å². The summed E-state index contributed by atoms with van der Waals surface area (Å²) in [6, 6.07) is 14.5. The fraction of sp³-hybridized carbons (Fsp3) is 0.353. The van der Waals surface area contributed by atoms with E-state index in [0.29, 0.717) is 11.8 Å². The summed E-state index contributed by atoms with van der Waals surface area (Å²) in [5.74, 6) is 0.253. The third kappa shape index (κ3) is 3.16. The molecule has 2 atom stereocenters. The molecule has 3 rings (SSSR count). The predicted octanol–water partition coefficient (Wildman–Crippen LogP) is 2.84. The molecule has 0 spiro atoms. The van der Waals surface area contributed by atoms with Gasteiger partial charge in [0.1, 0.15) is 0 Å². The third-order valence-corrected chi connectivity index (χ3v) is 4.13. The Morgan fingerprint density at radius 2 is 2.10 bits per heavy atom. The van der Waals surface area contributed by atoms with Crippen LogP contribution in [0.25, 0.3) is 0 Å². The molecule has 1 aliphatic rings. The molecule has 1 fully saturated rings. The second-order valence-electron chi connectivity index (χ2n) is 5.52. The highest BCUT2D eigenvalue weighted by Gasteiger charge is 2.28. The van der Waals surface area contributed by atoms with Gasteiger partial charge in [-0.05, 0) is 31.0 Å². The van der Waals surface area contributed by atoms with E-state index in [1.807, 2.05) is 6.07 Å². The van der Waals surface area contributed by atoms with Crippen LogP contribution in [0.15, 0.2) is 53.1 Å². The lowest BCUT2D eigenvalue weighted by Gasteiger charge is -2.24. The number of nitrogens with zero attached hydrogens (tertiary/aromatic N) is 1. The summed E-state index contributed by atoms with van der Waals surface area (Å²) in [4.78, 5) is 14.4. The van der Waals surface area contributed by atoms with Crippen molar-refractivity contribution >= 4 is 5.91 Å². The minimum Gasteiger partial charge on any atom is -0.459 e. The molecule has 1 aromatic heterocycles.